The summed E-state index contributed by atoms with van der Waals surface area (Å²) in [5.41, 5.74) is 9.86. The van der Waals surface area contributed by atoms with Gasteiger partial charge < -0.3 is 11.1 Å². The summed E-state index contributed by atoms with van der Waals surface area (Å²) in [6.45, 7) is 0.749. The van der Waals surface area contributed by atoms with Crippen molar-refractivity contribution in [3.8, 4) is 0 Å². The topological polar surface area (TPSA) is 87.4 Å². The number of amides is 1. The predicted octanol–water partition coefficient (Wildman–Crippen LogP) is 0.101. The summed E-state index contributed by atoms with van der Waals surface area (Å²) in [6, 6.07) is 5.30. The standard InChI is InChI=1S/C10H13N3O2/c11-8-4-7-3-6(10(14)13-15)1-2-9(7)12-5-8/h1-3,8,12,15H,4-5,11H2,(H,13,14). The largest absolute Gasteiger partial charge is 0.383 e. The van der Waals surface area contributed by atoms with E-state index >= 15 is 0 Å². The lowest BCUT2D eigenvalue weighted by Crippen LogP contribution is -2.35. The maximum Gasteiger partial charge on any atom is 0.274 e. The van der Waals surface area contributed by atoms with Crippen molar-refractivity contribution in [2.24, 2.45) is 5.73 Å². The molecule has 5 N–H and O–H groups in total. The predicted molar refractivity (Wildman–Crippen MR) is 55.9 cm³/mol. The molecule has 0 radical (unpaired) electrons. The number of nitrogens with two attached hydrogens (primary N) is 1. The van der Waals surface area contributed by atoms with Gasteiger partial charge in [0.2, 0.25) is 0 Å². The van der Waals surface area contributed by atoms with Gasteiger partial charge in [-0.15, -0.1) is 0 Å². The minimum atomic E-state index is -0.503. The van der Waals surface area contributed by atoms with E-state index in [4.69, 9.17) is 10.9 Å². The molecule has 0 aliphatic carbocycles. The van der Waals surface area contributed by atoms with Crippen LogP contribution in [0.5, 0.6) is 0 Å². The Morgan fingerprint density at radius 3 is 3.13 bits per heavy atom. The molecule has 1 amide bonds. The third kappa shape index (κ3) is 1.93. The first-order valence-electron chi connectivity index (χ1n) is 4.77. The van der Waals surface area contributed by atoms with Gasteiger partial charge in [-0.1, -0.05) is 0 Å². The number of benzene rings is 1. The molecular weight excluding hydrogens is 194 g/mol. The summed E-state index contributed by atoms with van der Waals surface area (Å²) < 4.78 is 0. The number of hydrogen-bond donors (Lipinski definition) is 4. The van der Waals surface area contributed by atoms with Crippen LogP contribution in [0.2, 0.25) is 0 Å². The van der Waals surface area contributed by atoms with Crippen LogP contribution >= 0.6 is 0 Å². The van der Waals surface area contributed by atoms with Crippen LogP contribution in [-0.2, 0) is 6.42 Å². The van der Waals surface area contributed by atoms with Crippen molar-refractivity contribution in [1.82, 2.24) is 5.48 Å². The van der Waals surface area contributed by atoms with Gasteiger partial charge in [0.1, 0.15) is 0 Å². The molecule has 0 saturated heterocycles. The van der Waals surface area contributed by atoms with Crippen LogP contribution in [-0.4, -0.2) is 23.7 Å². The van der Waals surface area contributed by atoms with E-state index in [-0.39, 0.29) is 6.04 Å². The van der Waals surface area contributed by atoms with Gasteiger partial charge in [0.05, 0.1) is 0 Å². The highest BCUT2D eigenvalue weighted by Gasteiger charge is 2.16. The van der Waals surface area contributed by atoms with E-state index < -0.39 is 5.91 Å². The van der Waals surface area contributed by atoms with E-state index in [1.807, 2.05) is 6.07 Å². The lowest BCUT2D eigenvalue weighted by atomic mass is 9.98. The maximum absolute atomic E-state index is 11.2. The van der Waals surface area contributed by atoms with Gasteiger partial charge >= 0.3 is 0 Å². The Morgan fingerprint density at radius 2 is 2.40 bits per heavy atom. The molecule has 0 saturated carbocycles. The van der Waals surface area contributed by atoms with Crippen molar-refractivity contribution >= 4 is 11.6 Å². The second-order valence-electron chi connectivity index (χ2n) is 3.66. The van der Waals surface area contributed by atoms with Crippen molar-refractivity contribution in [2.45, 2.75) is 12.5 Å². The number of carbonyl (C=O) groups is 1. The number of carbonyl (C=O) groups excluding carboxylic acids is 1. The van der Waals surface area contributed by atoms with Crippen molar-refractivity contribution in [2.75, 3.05) is 11.9 Å². The van der Waals surface area contributed by atoms with Crippen molar-refractivity contribution in [1.29, 1.82) is 0 Å². The first-order valence-corrected chi connectivity index (χ1v) is 4.77. The van der Waals surface area contributed by atoms with Crippen molar-refractivity contribution in [3.63, 3.8) is 0 Å². The quantitative estimate of drug-likeness (QED) is 0.388. The SMILES string of the molecule is NC1CNc2ccc(C(=O)NO)cc2C1. The normalized spacial score (nSPS) is 18.9. The van der Waals surface area contributed by atoms with E-state index in [2.05, 4.69) is 5.32 Å². The highest BCUT2D eigenvalue weighted by atomic mass is 16.5. The molecule has 1 aromatic carbocycles. The van der Waals surface area contributed by atoms with Gasteiger partial charge in [-0.2, -0.15) is 0 Å². The molecule has 0 spiro atoms. The minimum absolute atomic E-state index is 0.0740. The van der Waals surface area contributed by atoms with E-state index in [9.17, 15) is 4.79 Å². The Kier molecular flexibility index (Phi) is 2.57. The fourth-order valence-corrected chi connectivity index (χ4v) is 1.74. The summed E-state index contributed by atoms with van der Waals surface area (Å²) in [5, 5.41) is 11.7. The number of rotatable bonds is 1. The zero-order valence-electron chi connectivity index (χ0n) is 8.16. The highest BCUT2D eigenvalue weighted by molar-refractivity contribution is 5.94. The van der Waals surface area contributed by atoms with Gasteiger partial charge in [-0.3, -0.25) is 10.0 Å². The Balaban J connectivity index is 2.32. The minimum Gasteiger partial charge on any atom is -0.383 e. The molecule has 1 unspecified atom stereocenters. The monoisotopic (exact) mass is 207 g/mol. The molecule has 5 heteroatoms. The van der Waals surface area contributed by atoms with Crippen LogP contribution in [0.1, 0.15) is 15.9 Å². The average Bonchev–Trinajstić information content (AvgIpc) is 2.27. The molecule has 5 nitrogen and oxygen atoms in total. The number of nitrogens with one attached hydrogen (secondary N) is 2. The fourth-order valence-electron chi connectivity index (χ4n) is 1.74. The number of hydrogen-bond acceptors (Lipinski definition) is 4. The third-order valence-corrected chi connectivity index (χ3v) is 2.51. The average molecular weight is 207 g/mol. The van der Waals surface area contributed by atoms with Gasteiger partial charge in [-0.05, 0) is 30.2 Å². The van der Waals surface area contributed by atoms with Crippen LogP contribution in [0.4, 0.5) is 5.69 Å². The Morgan fingerprint density at radius 1 is 1.60 bits per heavy atom. The zero-order chi connectivity index (χ0) is 10.8. The van der Waals surface area contributed by atoms with E-state index in [0.717, 1.165) is 24.2 Å². The van der Waals surface area contributed by atoms with Crippen LogP contribution < -0.4 is 16.5 Å². The highest BCUT2D eigenvalue weighted by Crippen LogP contribution is 2.22. The first kappa shape index (κ1) is 9.95. The Hall–Kier alpha value is -1.59. The summed E-state index contributed by atoms with van der Waals surface area (Å²) >= 11 is 0. The smallest absolute Gasteiger partial charge is 0.274 e. The zero-order valence-corrected chi connectivity index (χ0v) is 8.16. The summed E-state index contributed by atoms with van der Waals surface area (Å²) in [5.74, 6) is -0.503. The molecule has 2 rings (SSSR count). The molecule has 1 aromatic rings. The van der Waals surface area contributed by atoms with Gasteiger partial charge in [0.15, 0.2) is 0 Å². The summed E-state index contributed by atoms with van der Waals surface area (Å²) in [4.78, 5) is 11.2. The fraction of sp³-hybridized carbons (Fsp3) is 0.300. The lowest BCUT2D eigenvalue weighted by Gasteiger charge is -2.23. The second kappa shape index (κ2) is 3.88. The molecule has 1 atom stereocenters. The number of anilines is 1. The molecule has 80 valence electrons. The molecule has 15 heavy (non-hydrogen) atoms. The molecule has 1 aliphatic heterocycles. The van der Waals surface area contributed by atoms with Crippen LogP contribution in [0, 0.1) is 0 Å². The van der Waals surface area contributed by atoms with Gasteiger partial charge in [-0.25, -0.2) is 5.48 Å². The number of fused-ring (bicyclic) bond motifs is 1. The van der Waals surface area contributed by atoms with Crippen LogP contribution in [0.15, 0.2) is 18.2 Å². The molecule has 1 aliphatic rings. The molecule has 0 bridgehead atoms. The van der Waals surface area contributed by atoms with E-state index in [1.165, 1.54) is 0 Å². The molecular formula is C10H13N3O2. The van der Waals surface area contributed by atoms with E-state index in [1.54, 1.807) is 17.6 Å². The van der Waals surface area contributed by atoms with Crippen molar-refractivity contribution < 1.29 is 10.0 Å². The molecule has 0 aromatic heterocycles. The summed E-state index contributed by atoms with van der Waals surface area (Å²) in [7, 11) is 0. The Bertz CT molecular complexity index is 392. The third-order valence-electron chi connectivity index (χ3n) is 2.51. The maximum atomic E-state index is 11.2. The Labute approximate surface area is 87.2 Å². The second-order valence-corrected chi connectivity index (χ2v) is 3.66. The van der Waals surface area contributed by atoms with E-state index in [0.29, 0.717) is 5.56 Å². The molecule has 1 heterocycles. The summed E-state index contributed by atoms with van der Waals surface area (Å²) in [6.07, 6.45) is 0.745. The van der Waals surface area contributed by atoms with Gasteiger partial charge in [0.25, 0.3) is 5.91 Å². The van der Waals surface area contributed by atoms with Gasteiger partial charge in [0, 0.05) is 23.8 Å². The first-order chi connectivity index (χ1) is 7.20. The van der Waals surface area contributed by atoms with Crippen LogP contribution in [0.3, 0.4) is 0 Å². The molecule has 0 fully saturated rings. The lowest BCUT2D eigenvalue weighted by molar-refractivity contribution is 0.0706. The number of hydroxylamine groups is 1. The van der Waals surface area contributed by atoms with Crippen LogP contribution in [0.25, 0.3) is 0 Å². The van der Waals surface area contributed by atoms with Crippen molar-refractivity contribution in [3.05, 3.63) is 29.3 Å².